The van der Waals surface area contributed by atoms with Gasteiger partial charge in [-0.15, -0.1) is 0 Å². The molecule has 0 bridgehead atoms. The van der Waals surface area contributed by atoms with Gasteiger partial charge in [-0.1, -0.05) is 13.8 Å². The first kappa shape index (κ1) is 13.8. The molecule has 1 aromatic rings. The average Bonchev–Trinajstić information content (AvgIpc) is 2.15. The predicted molar refractivity (Wildman–Crippen MR) is 70.2 cm³/mol. The standard InChI is InChI=1S/C11H19N3O2S/c1-7(2)8(3)14-9-4-5-11(10(12)6-9)17(13,15)16/h4-8,14H,12H2,1-3H3,(H2,13,15,16). The monoisotopic (exact) mass is 257 g/mol. The first-order valence-electron chi connectivity index (χ1n) is 5.40. The van der Waals surface area contributed by atoms with Gasteiger partial charge in [0.2, 0.25) is 10.0 Å². The van der Waals surface area contributed by atoms with Crippen LogP contribution in [-0.4, -0.2) is 14.5 Å². The van der Waals surface area contributed by atoms with Gasteiger partial charge in [0, 0.05) is 11.7 Å². The highest BCUT2D eigenvalue weighted by molar-refractivity contribution is 7.89. The van der Waals surface area contributed by atoms with E-state index in [9.17, 15) is 8.42 Å². The first-order chi connectivity index (χ1) is 7.71. The fraction of sp³-hybridized carbons (Fsp3) is 0.455. The normalized spacial score (nSPS) is 13.7. The Balaban J connectivity index is 2.98. The maximum Gasteiger partial charge on any atom is 0.240 e. The van der Waals surface area contributed by atoms with Gasteiger partial charge in [0.15, 0.2) is 0 Å². The molecule has 5 N–H and O–H groups in total. The summed E-state index contributed by atoms with van der Waals surface area (Å²) in [6, 6.07) is 4.93. The third-order valence-corrected chi connectivity index (χ3v) is 3.70. The van der Waals surface area contributed by atoms with Gasteiger partial charge in [0.1, 0.15) is 4.90 Å². The van der Waals surface area contributed by atoms with Crippen molar-refractivity contribution in [3.63, 3.8) is 0 Å². The molecule has 0 saturated heterocycles. The molecule has 17 heavy (non-hydrogen) atoms. The summed E-state index contributed by atoms with van der Waals surface area (Å²) in [6.45, 7) is 6.24. The van der Waals surface area contributed by atoms with Crippen molar-refractivity contribution in [3.8, 4) is 0 Å². The van der Waals surface area contributed by atoms with Crippen molar-refractivity contribution in [2.75, 3.05) is 11.1 Å². The summed E-state index contributed by atoms with van der Waals surface area (Å²) in [5.41, 5.74) is 6.61. The van der Waals surface area contributed by atoms with Crippen LogP contribution in [-0.2, 0) is 10.0 Å². The Morgan fingerprint density at radius 2 is 1.82 bits per heavy atom. The number of anilines is 2. The van der Waals surface area contributed by atoms with E-state index >= 15 is 0 Å². The summed E-state index contributed by atoms with van der Waals surface area (Å²) >= 11 is 0. The quantitative estimate of drug-likeness (QED) is 0.709. The number of sulfonamides is 1. The number of rotatable bonds is 4. The van der Waals surface area contributed by atoms with Crippen molar-refractivity contribution >= 4 is 21.4 Å². The molecule has 1 unspecified atom stereocenters. The van der Waals surface area contributed by atoms with E-state index in [0.29, 0.717) is 5.92 Å². The van der Waals surface area contributed by atoms with E-state index in [1.165, 1.54) is 6.07 Å². The van der Waals surface area contributed by atoms with E-state index in [2.05, 4.69) is 26.1 Å². The lowest BCUT2D eigenvalue weighted by Crippen LogP contribution is -2.21. The molecule has 0 aromatic heterocycles. The molecule has 6 heteroatoms. The summed E-state index contributed by atoms with van der Waals surface area (Å²) in [7, 11) is -3.75. The molecule has 0 saturated carbocycles. The van der Waals surface area contributed by atoms with E-state index < -0.39 is 10.0 Å². The summed E-state index contributed by atoms with van der Waals surface area (Å²) in [5.74, 6) is 0.467. The molecule has 0 aliphatic carbocycles. The van der Waals surface area contributed by atoms with Gasteiger partial charge in [0.25, 0.3) is 0 Å². The van der Waals surface area contributed by atoms with Gasteiger partial charge in [-0.05, 0) is 31.0 Å². The molecular weight excluding hydrogens is 238 g/mol. The second kappa shape index (κ2) is 4.93. The highest BCUT2D eigenvalue weighted by Crippen LogP contribution is 2.22. The van der Waals surface area contributed by atoms with Gasteiger partial charge < -0.3 is 11.1 Å². The van der Waals surface area contributed by atoms with Crippen molar-refractivity contribution in [1.29, 1.82) is 0 Å². The largest absolute Gasteiger partial charge is 0.398 e. The molecule has 1 aromatic carbocycles. The average molecular weight is 257 g/mol. The van der Waals surface area contributed by atoms with Crippen LogP contribution in [0.1, 0.15) is 20.8 Å². The highest BCUT2D eigenvalue weighted by Gasteiger charge is 2.13. The zero-order valence-corrected chi connectivity index (χ0v) is 11.1. The van der Waals surface area contributed by atoms with Crippen LogP contribution >= 0.6 is 0 Å². The topological polar surface area (TPSA) is 98.2 Å². The van der Waals surface area contributed by atoms with Gasteiger partial charge in [-0.2, -0.15) is 0 Å². The van der Waals surface area contributed by atoms with E-state index in [0.717, 1.165) is 5.69 Å². The molecule has 0 amide bonds. The summed E-state index contributed by atoms with van der Waals surface area (Å²) in [6.07, 6.45) is 0. The van der Waals surface area contributed by atoms with Crippen molar-refractivity contribution in [1.82, 2.24) is 0 Å². The number of nitrogen functional groups attached to an aromatic ring is 1. The molecule has 0 spiro atoms. The van der Waals surface area contributed by atoms with Crippen LogP contribution in [0.5, 0.6) is 0 Å². The van der Waals surface area contributed by atoms with Crippen molar-refractivity contribution in [2.24, 2.45) is 11.1 Å². The van der Waals surface area contributed by atoms with E-state index in [-0.39, 0.29) is 16.6 Å². The predicted octanol–water partition coefficient (Wildman–Crippen LogP) is 1.37. The van der Waals surface area contributed by atoms with Gasteiger partial charge in [-0.25, -0.2) is 13.6 Å². The molecular formula is C11H19N3O2S. The number of nitrogens with two attached hydrogens (primary N) is 2. The number of benzene rings is 1. The van der Waals surface area contributed by atoms with Crippen LogP contribution in [0.15, 0.2) is 23.1 Å². The van der Waals surface area contributed by atoms with Crippen LogP contribution in [0.2, 0.25) is 0 Å². The minimum atomic E-state index is -3.75. The third kappa shape index (κ3) is 3.61. The van der Waals surface area contributed by atoms with Crippen LogP contribution < -0.4 is 16.2 Å². The minimum absolute atomic E-state index is 0.0414. The summed E-state index contributed by atoms with van der Waals surface area (Å²) in [5, 5.41) is 8.27. The molecule has 5 nitrogen and oxygen atoms in total. The summed E-state index contributed by atoms with van der Waals surface area (Å²) in [4.78, 5) is -0.0414. The van der Waals surface area contributed by atoms with E-state index in [4.69, 9.17) is 10.9 Å². The number of hydrogen-bond donors (Lipinski definition) is 3. The first-order valence-corrected chi connectivity index (χ1v) is 6.95. The van der Waals surface area contributed by atoms with Gasteiger partial charge >= 0.3 is 0 Å². The van der Waals surface area contributed by atoms with Crippen LogP contribution in [0, 0.1) is 5.92 Å². The molecule has 0 heterocycles. The van der Waals surface area contributed by atoms with Gasteiger partial charge in [0.05, 0.1) is 5.69 Å². The van der Waals surface area contributed by atoms with Gasteiger partial charge in [-0.3, -0.25) is 0 Å². The zero-order chi connectivity index (χ0) is 13.2. The van der Waals surface area contributed by atoms with Crippen LogP contribution in [0.25, 0.3) is 0 Å². The molecule has 0 fully saturated rings. The van der Waals surface area contributed by atoms with Crippen molar-refractivity contribution in [2.45, 2.75) is 31.7 Å². The van der Waals surface area contributed by atoms with Crippen molar-refractivity contribution in [3.05, 3.63) is 18.2 Å². The molecule has 1 rings (SSSR count). The van der Waals surface area contributed by atoms with E-state index in [1.54, 1.807) is 12.1 Å². The molecule has 96 valence electrons. The van der Waals surface area contributed by atoms with E-state index in [1.807, 2.05) is 0 Å². The second-order valence-electron chi connectivity index (χ2n) is 4.47. The number of nitrogens with one attached hydrogen (secondary N) is 1. The van der Waals surface area contributed by atoms with Crippen molar-refractivity contribution < 1.29 is 8.42 Å². The lowest BCUT2D eigenvalue weighted by molar-refractivity contribution is 0.560. The fourth-order valence-corrected chi connectivity index (χ4v) is 1.97. The Hall–Kier alpha value is -1.27. The summed E-state index contributed by atoms with van der Waals surface area (Å²) < 4.78 is 22.3. The molecule has 0 aliphatic heterocycles. The maximum absolute atomic E-state index is 11.2. The maximum atomic E-state index is 11.2. The Morgan fingerprint density at radius 1 is 1.24 bits per heavy atom. The zero-order valence-electron chi connectivity index (χ0n) is 10.3. The van der Waals surface area contributed by atoms with Crippen LogP contribution in [0.3, 0.4) is 0 Å². The SMILES string of the molecule is CC(C)C(C)Nc1ccc(S(N)(=O)=O)c(N)c1. The van der Waals surface area contributed by atoms with Crippen LogP contribution in [0.4, 0.5) is 11.4 Å². The molecule has 1 atom stereocenters. The smallest absolute Gasteiger partial charge is 0.240 e. The lowest BCUT2D eigenvalue weighted by atomic mass is 10.1. The Labute approximate surface area is 102 Å². The molecule has 0 aliphatic rings. The fourth-order valence-electron chi connectivity index (χ4n) is 1.33. The lowest BCUT2D eigenvalue weighted by Gasteiger charge is -2.19. The third-order valence-electron chi connectivity index (χ3n) is 2.71. The second-order valence-corrected chi connectivity index (χ2v) is 6.00. The molecule has 0 radical (unpaired) electrons. The number of hydrogen-bond acceptors (Lipinski definition) is 4. The Kier molecular flexibility index (Phi) is 4.00. The minimum Gasteiger partial charge on any atom is -0.398 e. The Bertz CT molecular complexity index is 497. The highest BCUT2D eigenvalue weighted by atomic mass is 32.2. The Morgan fingerprint density at radius 3 is 2.24 bits per heavy atom. The number of primary sulfonamides is 1.